The summed E-state index contributed by atoms with van der Waals surface area (Å²) in [6.07, 6.45) is 0.803. The Hall–Kier alpha value is -1.49. The van der Waals surface area contributed by atoms with Gasteiger partial charge in [-0.3, -0.25) is 4.79 Å². The number of fused-ring (bicyclic) bond motifs is 1. The first-order chi connectivity index (χ1) is 9.34. The van der Waals surface area contributed by atoms with Gasteiger partial charge in [-0.05, 0) is 12.1 Å². The summed E-state index contributed by atoms with van der Waals surface area (Å²) in [6.45, 7) is 1.26. The number of thioether (sulfide) groups is 1. The minimum Gasteiger partial charge on any atom is -0.494 e. The summed E-state index contributed by atoms with van der Waals surface area (Å²) in [7, 11) is 0. The van der Waals surface area contributed by atoms with Gasteiger partial charge in [0, 0.05) is 24.5 Å². The second kappa shape index (κ2) is 5.65. The topological polar surface area (TPSA) is 41.9 Å². The highest BCUT2D eigenvalue weighted by molar-refractivity contribution is 8.00. The van der Waals surface area contributed by atoms with E-state index in [9.17, 15) is 4.79 Å². The molecule has 100 valence electrons. The lowest BCUT2D eigenvalue weighted by molar-refractivity contribution is -0.131. The van der Waals surface area contributed by atoms with Crippen molar-refractivity contribution in [2.75, 3.05) is 24.7 Å². The van der Waals surface area contributed by atoms with Gasteiger partial charge in [0.25, 0.3) is 5.91 Å². The van der Waals surface area contributed by atoms with Crippen LogP contribution in [0.5, 0.6) is 5.75 Å². The molecule has 1 saturated heterocycles. The van der Waals surface area contributed by atoms with Gasteiger partial charge in [0.2, 0.25) is 0 Å². The number of nitrogens with zero attached hydrogens (tertiary/aromatic N) is 2. The van der Waals surface area contributed by atoms with Crippen LogP contribution < -0.4 is 4.74 Å². The molecule has 1 fully saturated rings. The number of hydrogen-bond donors (Lipinski definition) is 0. The lowest BCUT2D eigenvalue weighted by Crippen LogP contribution is -2.29. The lowest BCUT2D eigenvalue weighted by atomic mass is 10.1. The van der Waals surface area contributed by atoms with Crippen molar-refractivity contribution >= 4 is 23.4 Å². The van der Waals surface area contributed by atoms with Gasteiger partial charge >= 0.3 is 0 Å². The zero-order chi connectivity index (χ0) is 13.1. The van der Waals surface area contributed by atoms with Crippen molar-refractivity contribution in [1.82, 2.24) is 5.01 Å². The number of ether oxygens (including phenoxy) is 1. The van der Waals surface area contributed by atoms with E-state index < -0.39 is 0 Å². The summed E-state index contributed by atoms with van der Waals surface area (Å²) in [5.74, 6) is 2.90. The molecular weight excluding hydrogens is 260 g/mol. The number of hydrogen-bond acceptors (Lipinski definition) is 4. The molecule has 0 bridgehead atoms. The Morgan fingerprint density at radius 3 is 3.00 bits per heavy atom. The summed E-state index contributed by atoms with van der Waals surface area (Å²) in [5.41, 5.74) is 1.05. The van der Waals surface area contributed by atoms with E-state index in [2.05, 4.69) is 5.10 Å². The van der Waals surface area contributed by atoms with E-state index in [1.54, 1.807) is 16.8 Å². The average molecular weight is 276 g/mol. The van der Waals surface area contributed by atoms with Crippen molar-refractivity contribution in [3.8, 4) is 5.75 Å². The quantitative estimate of drug-likeness (QED) is 0.773. The monoisotopic (exact) mass is 276 g/mol. The minimum atomic E-state index is 0.0556. The summed E-state index contributed by atoms with van der Waals surface area (Å²) in [4.78, 5) is 12.0. The molecule has 0 aliphatic carbocycles. The molecule has 3 rings (SSSR count). The average Bonchev–Trinajstić information content (AvgIpc) is 3.00. The molecule has 0 radical (unpaired) electrons. The van der Waals surface area contributed by atoms with Crippen LogP contribution in [-0.2, 0) is 4.79 Å². The number of para-hydroxylation sites is 1. The Bertz CT molecular complexity index is 489. The molecule has 1 unspecified atom stereocenters. The number of carbonyl (C=O) groups excluding carboxylic acids is 1. The molecule has 0 aromatic heterocycles. The third-order valence-electron chi connectivity index (χ3n) is 3.26. The zero-order valence-electron chi connectivity index (χ0n) is 10.6. The molecule has 2 aliphatic heterocycles. The van der Waals surface area contributed by atoms with Crippen LogP contribution in [-0.4, -0.2) is 41.3 Å². The first-order valence-corrected chi connectivity index (χ1v) is 7.64. The lowest BCUT2D eigenvalue weighted by Gasteiger charge is -2.13. The number of rotatable bonds is 5. The van der Waals surface area contributed by atoms with Gasteiger partial charge in [-0.15, -0.1) is 0 Å². The van der Waals surface area contributed by atoms with E-state index in [0.717, 1.165) is 29.4 Å². The van der Waals surface area contributed by atoms with Crippen LogP contribution in [0.2, 0.25) is 0 Å². The molecule has 1 atom stereocenters. The minimum absolute atomic E-state index is 0.0556. The zero-order valence-corrected chi connectivity index (χ0v) is 11.4. The Balaban J connectivity index is 1.44. The largest absolute Gasteiger partial charge is 0.494 e. The van der Waals surface area contributed by atoms with Crippen LogP contribution in [0.1, 0.15) is 6.42 Å². The molecule has 0 N–H and O–H groups in total. The van der Waals surface area contributed by atoms with Crippen LogP contribution >= 0.6 is 11.8 Å². The van der Waals surface area contributed by atoms with E-state index in [1.165, 1.54) is 0 Å². The fourth-order valence-electron chi connectivity index (χ4n) is 2.26. The number of hydrazone groups is 1. The van der Waals surface area contributed by atoms with Gasteiger partial charge in [0.05, 0.1) is 18.2 Å². The summed E-state index contributed by atoms with van der Waals surface area (Å²) < 4.78 is 5.60. The normalized spacial score (nSPS) is 21.5. The molecule has 1 aromatic rings. The van der Waals surface area contributed by atoms with Crippen LogP contribution in [0.3, 0.4) is 0 Å². The highest BCUT2D eigenvalue weighted by Gasteiger charge is 2.38. The van der Waals surface area contributed by atoms with E-state index in [0.29, 0.717) is 13.2 Å². The van der Waals surface area contributed by atoms with E-state index in [-0.39, 0.29) is 11.8 Å². The Kier molecular flexibility index (Phi) is 3.73. The standard InChI is InChI=1S/C14H16N2O2S/c17-14-12-9-19-10-13(12)15-16(14)7-4-8-18-11-5-2-1-3-6-11/h1-3,5-6,12H,4,7-10H2. The van der Waals surface area contributed by atoms with Crippen molar-refractivity contribution in [2.24, 2.45) is 11.0 Å². The summed E-state index contributed by atoms with van der Waals surface area (Å²) >= 11 is 1.79. The molecule has 1 aromatic carbocycles. The van der Waals surface area contributed by atoms with E-state index >= 15 is 0 Å². The summed E-state index contributed by atoms with van der Waals surface area (Å²) in [5, 5.41) is 6.02. The van der Waals surface area contributed by atoms with Crippen molar-refractivity contribution in [3.63, 3.8) is 0 Å². The Morgan fingerprint density at radius 2 is 2.21 bits per heavy atom. The fourth-order valence-corrected chi connectivity index (χ4v) is 3.41. The maximum Gasteiger partial charge on any atom is 0.252 e. The van der Waals surface area contributed by atoms with Crippen LogP contribution in [0.15, 0.2) is 35.4 Å². The maximum atomic E-state index is 12.0. The van der Waals surface area contributed by atoms with E-state index in [1.807, 2.05) is 30.3 Å². The van der Waals surface area contributed by atoms with Crippen LogP contribution in [0, 0.1) is 5.92 Å². The van der Waals surface area contributed by atoms with Crippen LogP contribution in [0.25, 0.3) is 0 Å². The first-order valence-electron chi connectivity index (χ1n) is 6.49. The molecule has 19 heavy (non-hydrogen) atoms. The predicted octanol–water partition coefficient (Wildman–Crippen LogP) is 2.02. The molecule has 2 aliphatic rings. The van der Waals surface area contributed by atoms with Crippen molar-refractivity contribution in [2.45, 2.75) is 6.42 Å². The number of amides is 1. The van der Waals surface area contributed by atoms with Crippen molar-refractivity contribution < 1.29 is 9.53 Å². The predicted molar refractivity (Wildman–Crippen MR) is 76.5 cm³/mol. The molecule has 1 amide bonds. The Morgan fingerprint density at radius 1 is 1.37 bits per heavy atom. The molecule has 0 spiro atoms. The second-order valence-corrected chi connectivity index (χ2v) is 5.67. The number of carbonyl (C=O) groups is 1. The molecule has 2 heterocycles. The van der Waals surface area contributed by atoms with Gasteiger partial charge in [-0.1, -0.05) is 18.2 Å². The van der Waals surface area contributed by atoms with Gasteiger partial charge in [0.1, 0.15) is 5.75 Å². The van der Waals surface area contributed by atoms with Gasteiger partial charge < -0.3 is 4.74 Å². The van der Waals surface area contributed by atoms with Gasteiger partial charge in [-0.25, -0.2) is 5.01 Å². The molecule has 5 heteroatoms. The molecular formula is C14H16N2O2S. The smallest absolute Gasteiger partial charge is 0.252 e. The number of benzene rings is 1. The highest BCUT2D eigenvalue weighted by atomic mass is 32.2. The van der Waals surface area contributed by atoms with Crippen molar-refractivity contribution in [1.29, 1.82) is 0 Å². The van der Waals surface area contributed by atoms with E-state index in [4.69, 9.17) is 4.74 Å². The van der Waals surface area contributed by atoms with Crippen molar-refractivity contribution in [3.05, 3.63) is 30.3 Å². The molecule has 0 saturated carbocycles. The molecule has 4 nitrogen and oxygen atoms in total. The fraction of sp³-hybridized carbons (Fsp3) is 0.429. The second-order valence-electron chi connectivity index (χ2n) is 4.64. The van der Waals surface area contributed by atoms with Gasteiger partial charge in [0.15, 0.2) is 0 Å². The maximum absolute atomic E-state index is 12.0. The first kappa shape index (κ1) is 12.5. The SMILES string of the molecule is O=C1C2CSCC2=NN1CCCOc1ccccc1. The third-order valence-corrected chi connectivity index (χ3v) is 4.33. The van der Waals surface area contributed by atoms with Crippen LogP contribution in [0.4, 0.5) is 0 Å². The third kappa shape index (κ3) is 2.76. The Labute approximate surface area is 116 Å². The van der Waals surface area contributed by atoms with Gasteiger partial charge in [-0.2, -0.15) is 16.9 Å². The highest BCUT2D eigenvalue weighted by Crippen LogP contribution is 2.28. The summed E-state index contributed by atoms with van der Waals surface area (Å²) in [6, 6.07) is 9.72.